The van der Waals surface area contributed by atoms with Crippen LogP contribution >= 0.6 is 0 Å². The third kappa shape index (κ3) is 11.9. The predicted octanol–water partition coefficient (Wildman–Crippen LogP) is 24.9. The summed E-state index contributed by atoms with van der Waals surface area (Å²) in [4.78, 5) is 29.6. The van der Waals surface area contributed by atoms with E-state index in [0.717, 1.165) is 67.0 Å². The number of rotatable bonds is 12. The zero-order chi connectivity index (χ0) is 70.3. The molecule has 0 saturated heterocycles. The number of aromatic nitrogens is 8. The Balaban J connectivity index is 0.000000145. The molecule has 0 aliphatic heterocycles. The van der Waals surface area contributed by atoms with Gasteiger partial charge in [0.2, 0.25) is 0 Å². The summed E-state index contributed by atoms with van der Waals surface area (Å²) in [5.41, 5.74) is 22.1. The van der Waals surface area contributed by atoms with E-state index in [0.29, 0.717) is 34.9 Å². The Labute approximate surface area is 612 Å². The van der Waals surface area contributed by atoms with Crippen LogP contribution in [0.25, 0.3) is 189 Å². The smallest absolute Gasteiger partial charge is 0.164 e. The monoisotopic (exact) mass is 1350 g/mol. The summed E-state index contributed by atoms with van der Waals surface area (Å²) in [7, 11) is 0. The van der Waals surface area contributed by atoms with E-state index in [1.165, 1.54) is 87.4 Å². The van der Waals surface area contributed by atoms with Gasteiger partial charge in [-0.1, -0.05) is 322 Å². The second-order valence-electron chi connectivity index (χ2n) is 26.6. The summed E-state index contributed by atoms with van der Waals surface area (Å²) in [5.74, 6) is 3.91. The highest BCUT2D eigenvalue weighted by Gasteiger charge is 2.20. The van der Waals surface area contributed by atoms with Crippen molar-refractivity contribution in [2.24, 2.45) is 0 Å². The first-order valence-electron chi connectivity index (χ1n) is 35.7. The van der Waals surface area contributed by atoms with Crippen molar-refractivity contribution in [3.8, 4) is 124 Å². The maximum atomic E-state index is 4.99. The van der Waals surface area contributed by atoms with E-state index in [1.54, 1.807) is 0 Å². The lowest BCUT2D eigenvalue weighted by atomic mass is 9.97. The lowest BCUT2D eigenvalue weighted by molar-refractivity contribution is 1.07. The molecule has 16 aromatic carbocycles. The van der Waals surface area contributed by atoms with Crippen molar-refractivity contribution in [2.75, 3.05) is 0 Å². The molecular weight excluding hydrogens is 1290 g/mol. The summed E-state index contributed by atoms with van der Waals surface area (Å²) >= 11 is 0. The Kier molecular flexibility index (Phi) is 16.1. The number of hydrogen-bond donors (Lipinski definition) is 0. The molecule has 4 heterocycles. The first kappa shape index (κ1) is 62.6. The van der Waals surface area contributed by atoms with Gasteiger partial charge in [-0.3, -0.25) is 0 Å². The van der Waals surface area contributed by atoms with Gasteiger partial charge in [0.25, 0.3) is 0 Å². The number of benzene rings is 16. The highest BCUT2D eigenvalue weighted by Crippen LogP contribution is 2.42. The van der Waals surface area contributed by atoms with Gasteiger partial charge in [-0.2, -0.15) is 0 Å². The Morgan fingerprint density at radius 3 is 0.783 bits per heavy atom. The molecule has 0 aliphatic rings. The molecule has 0 atom stereocenters. The van der Waals surface area contributed by atoms with Gasteiger partial charge in [0, 0.05) is 66.3 Å². The van der Waals surface area contributed by atoms with Gasteiger partial charge in [-0.15, -0.1) is 0 Å². The van der Waals surface area contributed by atoms with Gasteiger partial charge in [-0.25, -0.2) is 29.9 Å². The maximum absolute atomic E-state index is 4.99. The van der Waals surface area contributed by atoms with E-state index >= 15 is 0 Å². The van der Waals surface area contributed by atoms with Gasteiger partial charge in [0.1, 0.15) is 0 Å². The average Bonchev–Trinajstić information content (AvgIpc) is 1.58. The first-order valence-corrected chi connectivity index (χ1v) is 35.7. The number of hydrogen-bond acceptors (Lipinski definition) is 6. The summed E-state index contributed by atoms with van der Waals surface area (Å²) in [6, 6.07) is 136. The van der Waals surface area contributed by atoms with Crippen molar-refractivity contribution in [2.45, 2.75) is 0 Å². The van der Waals surface area contributed by atoms with Crippen LogP contribution in [0.3, 0.4) is 0 Å². The lowest BCUT2D eigenvalue weighted by Crippen LogP contribution is -2.00. The number of nitrogens with zero attached hydrogens (tertiary/aromatic N) is 8. The summed E-state index contributed by atoms with van der Waals surface area (Å²) in [5, 5.41) is 9.86. The third-order valence-corrected chi connectivity index (χ3v) is 20.1. The topological polar surface area (TPSA) is 87.2 Å². The molecule has 496 valence electrons. The molecule has 8 nitrogen and oxygen atoms in total. The van der Waals surface area contributed by atoms with Crippen molar-refractivity contribution in [1.29, 1.82) is 0 Å². The standard InChI is InChI=1S/2C49H32N4/c1-4-13-33(14-5-1)34-25-28-41(29-26-34)53-44-22-11-10-21-42(44)46-43-32-39(24-23-35(43)27-30-45(46)53)38-19-12-20-40(31-38)49-51-47(36-15-6-2-7-16-36)50-48(52-49)37-17-8-3-9-18-37;1-4-12-33(13-5-1)34-26-29-41(30-27-34)53-44-19-11-10-18-42(44)46-43-32-40(25-22-36(43)28-31-45(46)53)35-20-23-39(24-21-35)49-51-47(37-14-6-2-7-15-37)50-48(52-49)38-16-8-3-9-17-38/h2*1-32H. The zero-order valence-corrected chi connectivity index (χ0v) is 57.5. The second kappa shape index (κ2) is 27.2. The molecule has 0 spiro atoms. The fraction of sp³-hybridized carbons (Fsp3) is 0. The van der Waals surface area contributed by atoms with Crippen LogP contribution in [0.15, 0.2) is 388 Å². The Bertz CT molecular complexity index is 6510. The van der Waals surface area contributed by atoms with E-state index in [-0.39, 0.29) is 0 Å². The van der Waals surface area contributed by atoms with E-state index in [1.807, 2.05) is 121 Å². The van der Waals surface area contributed by atoms with Crippen LogP contribution < -0.4 is 0 Å². The van der Waals surface area contributed by atoms with Crippen molar-refractivity contribution in [3.05, 3.63) is 388 Å². The minimum absolute atomic E-state index is 0.643. The fourth-order valence-corrected chi connectivity index (χ4v) is 14.9. The molecule has 0 amide bonds. The number of para-hydroxylation sites is 2. The quantitative estimate of drug-likeness (QED) is 0.121. The van der Waals surface area contributed by atoms with Crippen molar-refractivity contribution >= 4 is 65.2 Å². The molecule has 0 saturated carbocycles. The highest BCUT2D eigenvalue weighted by atomic mass is 15.0. The Hall–Kier alpha value is -14.3. The fourth-order valence-electron chi connectivity index (χ4n) is 14.9. The van der Waals surface area contributed by atoms with Crippen LogP contribution in [0.2, 0.25) is 0 Å². The van der Waals surface area contributed by atoms with Crippen LogP contribution in [0.1, 0.15) is 0 Å². The molecule has 106 heavy (non-hydrogen) atoms. The zero-order valence-electron chi connectivity index (χ0n) is 57.5. The molecule has 20 rings (SSSR count). The summed E-state index contributed by atoms with van der Waals surface area (Å²) < 4.78 is 4.78. The molecule has 0 N–H and O–H groups in total. The van der Waals surface area contributed by atoms with E-state index in [4.69, 9.17) is 29.9 Å². The predicted molar refractivity (Wildman–Crippen MR) is 438 cm³/mol. The molecule has 0 fully saturated rings. The van der Waals surface area contributed by atoms with Gasteiger partial charge in [0.15, 0.2) is 34.9 Å². The number of fused-ring (bicyclic) bond motifs is 10. The first-order chi connectivity index (χ1) is 52.5. The van der Waals surface area contributed by atoms with Gasteiger partial charge < -0.3 is 9.13 Å². The normalized spacial score (nSPS) is 11.4. The van der Waals surface area contributed by atoms with Crippen LogP contribution in [0.5, 0.6) is 0 Å². The Morgan fingerprint density at radius 1 is 0.151 bits per heavy atom. The SMILES string of the molecule is c1ccc(-c2ccc(-n3c4ccccc4c4c5cc(-c6ccc(-c7nc(-c8ccccc8)nc(-c8ccccc8)n7)cc6)ccc5ccc43)cc2)cc1.c1ccc(-c2ccc(-n3c4ccccc4c4c5cc(-c6cccc(-c7nc(-c8ccccc8)nc(-c8ccccc8)n7)c6)ccc5ccc43)cc2)cc1. The van der Waals surface area contributed by atoms with Crippen LogP contribution in [-0.2, 0) is 0 Å². The minimum Gasteiger partial charge on any atom is -0.309 e. The van der Waals surface area contributed by atoms with E-state index < -0.39 is 0 Å². The van der Waals surface area contributed by atoms with Crippen molar-refractivity contribution in [1.82, 2.24) is 39.0 Å². The van der Waals surface area contributed by atoms with Gasteiger partial charge in [-0.05, 0) is 133 Å². The van der Waals surface area contributed by atoms with E-state index in [9.17, 15) is 0 Å². The summed E-state index contributed by atoms with van der Waals surface area (Å²) in [6.07, 6.45) is 0. The van der Waals surface area contributed by atoms with Crippen molar-refractivity contribution in [3.63, 3.8) is 0 Å². The Morgan fingerprint density at radius 2 is 0.396 bits per heavy atom. The lowest BCUT2D eigenvalue weighted by Gasteiger charge is -2.11. The van der Waals surface area contributed by atoms with Gasteiger partial charge >= 0.3 is 0 Å². The van der Waals surface area contributed by atoms with E-state index in [2.05, 4.69) is 276 Å². The van der Waals surface area contributed by atoms with Crippen LogP contribution in [0, 0.1) is 0 Å². The minimum atomic E-state index is 0.643. The molecule has 0 unspecified atom stereocenters. The molecule has 4 aromatic heterocycles. The highest BCUT2D eigenvalue weighted by molar-refractivity contribution is 6.23. The molecule has 0 aliphatic carbocycles. The molecule has 8 heteroatoms. The maximum Gasteiger partial charge on any atom is 0.164 e. The second-order valence-corrected chi connectivity index (χ2v) is 26.6. The molecule has 0 radical (unpaired) electrons. The van der Waals surface area contributed by atoms with Crippen LogP contribution in [0.4, 0.5) is 0 Å². The molecule has 0 bridgehead atoms. The van der Waals surface area contributed by atoms with Crippen molar-refractivity contribution < 1.29 is 0 Å². The largest absolute Gasteiger partial charge is 0.309 e. The average molecular weight is 1350 g/mol. The molecular formula is C98H64N8. The van der Waals surface area contributed by atoms with Crippen LogP contribution in [-0.4, -0.2) is 39.0 Å². The van der Waals surface area contributed by atoms with Gasteiger partial charge in [0.05, 0.1) is 22.1 Å². The third-order valence-electron chi connectivity index (χ3n) is 20.1. The summed E-state index contributed by atoms with van der Waals surface area (Å²) in [6.45, 7) is 0. The molecule has 20 aromatic rings.